The average Bonchev–Trinajstić information content (AvgIpc) is 2.74. The molecule has 0 aliphatic heterocycles. The standard InChI is InChI=1S/C22H24BrNO6S/c1-29-19(5-3-4-6-20(26)27)21(17-13-14(23)7-12-18(17)25)30-22(28)24-15-8-10-16(31-2)11-9-15/h4,6-13,19,21,25H,3,5H2,1-2H3,(H,24,28)(H,26,27)/b6-4+/t19-,21-/m1/s1. The molecule has 0 aliphatic rings. The predicted molar refractivity (Wildman–Crippen MR) is 124 cm³/mol. The Kier molecular flexibility index (Phi) is 9.90. The summed E-state index contributed by atoms with van der Waals surface area (Å²) in [5, 5.41) is 21.8. The number of carboxylic acid groups (broad SMARTS) is 1. The number of carbonyl (C=O) groups excluding carboxylic acids is 1. The lowest BCUT2D eigenvalue weighted by atomic mass is 9.99. The molecular formula is C22H24BrNO6S. The number of aromatic hydroxyl groups is 1. The summed E-state index contributed by atoms with van der Waals surface area (Å²) in [7, 11) is 1.47. The molecule has 31 heavy (non-hydrogen) atoms. The number of hydrogen-bond acceptors (Lipinski definition) is 6. The smallest absolute Gasteiger partial charge is 0.412 e. The Labute approximate surface area is 193 Å². The molecule has 9 heteroatoms. The molecule has 0 saturated heterocycles. The first kappa shape index (κ1) is 24.8. The number of amides is 1. The summed E-state index contributed by atoms with van der Waals surface area (Å²) in [5.41, 5.74) is 0.940. The van der Waals surface area contributed by atoms with Crippen molar-refractivity contribution in [2.45, 2.75) is 29.9 Å². The van der Waals surface area contributed by atoms with Crippen LogP contribution in [-0.2, 0) is 14.3 Å². The second-order valence-corrected chi connectivity index (χ2v) is 8.27. The van der Waals surface area contributed by atoms with E-state index in [1.54, 1.807) is 36.0 Å². The minimum atomic E-state index is -1.04. The van der Waals surface area contributed by atoms with Gasteiger partial charge >= 0.3 is 12.1 Å². The van der Waals surface area contributed by atoms with Crippen LogP contribution in [-0.4, -0.2) is 41.7 Å². The van der Waals surface area contributed by atoms with E-state index in [0.717, 1.165) is 11.0 Å². The summed E-state index contributed by atoms with van der Waals surface area (Å²) < 4.78 is 11.9. The van der Waals surface area contributed by atoms with Crippen LogP contribution in [0.25, 0.3) is 0 Å². The fourth-order valence-corrected chi connectivity index (χ4v) is 3.65. The maximum Gasteiger partial charge on any atom is 0.412 e. The second kappa shape index (κ2) is 12.4. The zero-order chi connectivity index (χ0) is 22.8. The van der Waals surface area contributed by atoms with Gasteiger partial charge in [0.05, 0.1) is 6.10 Å². The van der Waals surface area contributed by atoms with E-state index in [0.29, 0.717) is 28.6 Å². The summed E-state index contributed by atoms with van der Waals surface area (Å²) in [6, 6.07) is 12.1. The molecule has 0 radical (unpaired) electrons. The van der Waals surface area contributed by atoms with Crippen molar-refractivity contribution in [2.75, 3.05) is 18.7 Å². The number of hydrogen-bond donors (Lipinski definition) is 3. The number of phenolic OH excluding ortho intramolecular Hbond substituents is 1. The van der Waals surface area contributed by atoms with Crippen molar-refractivity contribution in [3.8, 4) is 5.75 Å². The molecule has 0 unspecified atom stereocenters. The first-order valence-corrected chi connectivity index (χ1v) is 11.4. The number of methoxy groups -OCH3 is 1. The maximum absolute atomic E-state index is 12.6. The molecule has 0 aliphatic carbocycles. The third-order valence-corrected chi connectivity index (χ3v) is 5.62. The number of carboxylic acids is 1. The number of phenols is 1. The van der Waals surface area contributed by atoms with Crippen LogP contribution < -0.4 is 5.32 Å². The number of benzene rings is 2. The van der Waals surface area contributed by atoms with Crippen LogP contribution in [0.15, 0.2) is 64.0 Å². The van der Waals surface area contributed by atoms with Gasteiger partial charge in [-0.2, -0.15) is 0 Å². The van der Waals surface area contributed by atoms with Gasteiger partial charge in [-0.05, 0) is 61.6 Å². The van der Waals surface area contributed by atoms with Crippen molar-refractivity contribution in [3.05, 3.63) is 64.7 Å². The first-order valence-electron chi connectivity index (χ1n) is 9.36. The summed E-state index contributed by atoms with van der Waals surface area (Å²) >= 11 is 4.95. The summed E-state index contributed by atoms with van der Waals surface area (Å²) in [4.78, 5) is 24.3. The molecule has 0 bridgehead atoms. The number of aliphatic carboxylic acids is 1. The molecule has 0 aromatic heterocycles. The van der Waals surface area contributed by atoms with Crippen molar-refractivity contribution in [1.82, 2.24) is 0 Å². The molecule has 0 heterocycles. The van der Waals surface area contributed by atoms with Crippen LogP contribution in [0.1, 0.15) is 24.5 Å². The lowest BCUT2D eigenvalue weighted by Gasteiger charge is -2.27. The third kappa shape index (κ3) is 7.93. The van der Waals surface area contributed by atoms with Crippen LogP contribution in [0.5, 0.6) is 5.75 Å². The van der Waals surface area contributed by atoms with E-state index < -0.39 is 24.3 Å². The second-order valence-electron chi connectivity index (χ2n) is 6.47. The molecule has 166 valence electrons. The Balaban J connectivity index is 2.22. The Morgan fingerprint density at radius 2 is 1.94 bits per heavy atom. The number of rotatable bonds is 10. The topological polar surface area (TPSA) is 105 Å². The van der Waals surface area contributed by atoms with Gasteiger partial charge in [-0.25, -0.2) is 9.59 Å². The minimum Gasteiger partial charge on any atom is -0.508 e. The van der Waals surface area contributed by atoms with Gasteiger partial charge in [0, 0.05) is 33.8 Å². The van der Waals surface area contributed by atoms with Crippen LogP contribution in [0.3, 0.4) is 0 Å². The molecule has 0 spiro atoms. The monoisotopic (exact) mass is 509 g/mol. The molecule has 2 aromatic rings. The number of carbonyl (C=O) groups is 2. The van der Waals surface area contributed by atoms with Crippen LogP contribution in [0, 0.1) is 0 Å². The average molecular weight is 510 g/mol. The summed E-state index contributed by atoms with van der Waals surface area (Å²) in [6.07, 6.45) is 3.01. The molecule has 0 saturated carbocycles. The largest absolute Gasteiger partial charge is 0.508 e. The number of thioether (sulfide) groups is 1. The SMILES string of the molecule is CO[C@H](CC/C=C/C(=O)O)[C@H](OC(=O)Nc1ccc(SC)cc1)c1cc(Br)ccc1O. The minimum absolute atomic E-state index is 0.0477. The van der Waals surface area contributed by atoms with E-state index >= 15 is 0 Å². The van der Waals surface area contributed by atoms with Gasteiger partial charge in [0.1, 0.15) is 5.75 Å². The van der Waals surface area contributed by atoms with E-state index in [-0.39, 0.29) is 5.75 Å². The quantitative estimate of drug-likeness (QED) is 0.282. The number of halogens is 1. The van der Waals surface area contributed by atoms with Gasteiger partial charge in [-0.1, -0.05) is 22.0 Å². The zero-order valence-electron chi connectivity index (χ0n) is 17.1. The number of ether oxygens (including phenoxy) is 2. The maximum atomic E-state index is 12.6. The van der Waals surface area contributed by atoms with Gasteiger partial charge < -0.3 is 19.7 Å². The number of anilines is 1. The van der Waals surface area contributed by atoms with Crippen LogP contribution in [0.4, 0.5) is 10.5 Å². The Morgan fingerprint density at radius 1 is 1.23 bits per heavy atom. The molecule has 2 aromatic carbocycles. The number of allylic oxidation sites excluding steroid dienone is 1. The highest BCUT2D eigenvalue weighted by Crippen LogP contribution is 2.35. The van der Waals surface area contributed by atoms with Crippen molar-refractivity contribution >= 4 is 45.4 Å². The highest BCUT2D eigenvalue weighted by Gasteiger charge is 2.29. The first-order chi connectivity index (χ1) is 14.8. The molecule has 2 atom stereocenters. The van der Waals surface area contributed by atoms with Gasteiger partial charge in [-0.15, -0.1) is 11.8 Å². The molecule has 0 fully saturated rings. The molecule has 7 nitrogen and oxygen atoms in total. The van der Waals surface area contributed by atoms with Gasteiger partial charge in [-0.3, -0.25) is 5.32 Å². The fourth-order valence-electron chi connectivity index (χ4n) is 2.87. The van der Waals surface area contributed by atoms with Crippen molar-refractivity contribution in [2.24, 2.45) is 0 Å². The van der Waals surface area contributed by atoms with E-state index in [2.05, 4.69) is 21.2 Å². The van der Waals surface area contributed by atoms with Gasteiger partial charge in [0.15, 0.2) is 6.10 Å². The fraction of sp³-hybridized carbons (Fsp3) is 0.273. The summed E-state index contributed by atoms with van der Waals surface area (Å²) in [6.45, 7) is 0. The van der Waals surface area contributed by atoms with E-state index in [9.17, 15) is 14.7 Å². The highest BCUT2D eigenvalue weighted by atomic mass is 79.9. The number of nitrogens with one attached hydrogen (secondary N) is 1. The van der Waals surface area contributed by atoms with E-state index in [4.69, 9.17) is 14.6 Å². The van der Waals surface area contributed by atoms with Crippen LogP contribution in [0.2, 0.25) is 0 Å². The Bertz CT molecular complexity index is 919. The van der Waals surface area contributed by atoms with Gasteiger partial charge in [0.2, 0.25) is 0 Å². The normalized spacial score (nSPS) is 13.0. The summed E-state index contributed by atoms with van der Waals surface area (Å²) in [5.74, 6) is -1.09. The Hall–Kier alpha value is -2.49. The molecule has 2 rings (SSSR count). The van der Waals surface area contributed by atoms with E-state index in [1.807, 2.05) is 18.4 Å². The van der Waals surface area contributed by atoms with Crippen molar-refractivity contribution in [3.63, 3.8) is 0 Å². The predicted octanol–water partition coefficient (Wildman–Crippen LogP) is 5.60. The third-order valence-electron chi connectivity index (χ3n) is 4.39. The highest BCUT2D eigenvalue weighted by molar-refractivity contribution is 9.10. The molecule has 3 N–H and O–H groups in total. The zero-order valence-corrected chi connectivity index (χ0v) is 19.5. The van der Waals surface area contributed by atoms with Crippen LogP contribution >= 0.6 is 27.7 Å². The van der Waals surface area contributed by atoms with Crippen molar-refractivity contribution < 1.29 is 29.3 Å². The molecular weight excluding hydrogens is 486 g/mol. The van der Waals surface area contributed by atoms with Crippen molar-refractivity contribution in [1.29, 1.82) is 0 Å². The van der Waals surface area contributed by atoms with Gasteiger partial charge in [0.25, 0.3) is 0 Å². The van der Waals surface area contributed by atoms with E-state index in [1.165, 1.54) is 19.3 Å². The molecule has 1 amide bonds. The lowest BCUT2D eigenvalue weighted by Crippen LogP contribution is -2.28. The Morgan fingerprint density at radius 3 is 2.55 bits per heavy atom. The lowest BCUT2D eigenvalue weighted by molar-refractivity contribution is -0.131.